The predicted molar refractivity (Wildman–Crippen MR) is 100 cm³/mol. The first-order chi connectivity index (χ1) is 13.0. The molecule has 1 saturated heterocycles. The number of thioether (sulfide) groups is 1. The number of rotatable bonds is 5. The monoisotopic (exact) mass is 385 g/mol. The summed E-state index contributed by atoms with van der Waals surface area (Å²) in [6.45, 7) is 5.10. The molecule has 1 fully saturated rings. The molecule has 3 heterocycles. The zero-order chi connectivity index (χ0) is 19.0. The van der Waals surface area contributed by atoms with Gasteiger partial charge in [0, 0.05) is 30.2 Å². The predicted octanol–water partition coefficient (Wildman–Crippen LogP) is 3.21. The second kappa shape index (κ2) is 7.19. The van der Waals surface area contributed by atoms with Crippen LogP contribution in [0.2, 0.25) is 0 Å². The number of benzene rings is 1. The van der Waals surface area contributed by atoms with Gasteiger partial charge < -0.3 is 13.7 Å². The minimum absolute atomic E-state index is 0.121. The van der Waals surface area contributed by atoms with E-state index in [1.54, 1.807) is 4.90 Å². The van der Waals surface area contributed by atoms with E-state index in [9.17, 15) is 9.59 Å². The van der Waals surface area contributed by atoms with Gasteiger partial charge in [0.2, 0.25) is 11.8 Å². The number of likely N-dealkylation sites (tertiary alicyclic amines) is 1. The molecule has 140 valence electrons. The Kier molecular flexibility index (Phi) is 4.73. The van der Waals surface area contributed by atoms with Gasteiger partial charge in [0.25, 0.3) is 5.22 Å². The minimum Gasteiger partial charge on any atom is -0.423 e. The molecular weight excluding hydrogens is 366 g/mol. The van der Waals surface area contributed by atoms with Crippen LogP contribution < -0.4 is 5.63 Å². The van der Waals surface area contributed by atoms with E-state index in [-0.39, 0.29) is 11.5 Å². The second-order valence-corrected chi connectivity index (χ2v) is 7.62. The fraction of sp³-hybridized carbons (Fsp3) is 0.368. The summed E-state index contributed by atoms with van der Waals surface area (Å²) >= 11 is 1.36. The van der Waals surface area contributed by atoms with Crippen molar-refractivity contribution in [3.63, 3.8) is 0 Å². The minimum atomic E-state index is -0.375. The van der Waals surface area contributed by atoms with Crippen LogP contribution in [-0.4, -0.2) is 27.5 Å². The molecule has 1 amide bonds. The van der Waals surface area contributed by atoms with Crippen LogP contribution >= 0.6 is 11.8 Å². The Labute approximate surface area is 159 Å². The van der Waals surface area contributed by atoms with Crippen LogP contribution in [0.3, 0.4) is 0 Å². The Morgan fingerprint density at radius 2 is 1.93 bits per heavy atom. The van der Waals surface area contributed by atoms with Crippen molar-refractivity contribution in [2.24, 2.45) is 0 Å². The molecule has 27 heavy (non-hydrogen) atoms. The van der Waals surface area contributed by atoms with Gasteiger partial charge in [-0.05, 0) is 49.1 Å². The average Bonchev–Trinajstić information content (AvgIpc) is 3.24. The largest absolute Gasteiger partial charge is 0.423 e. The van der Waals surface area contributed by atoms with Crippen molar-refractivity contribution in [2.75, 3.05) is 6.54 Å². The molecule has 0 bridgehead atoms. The van der Waals surface area contributed by atoms with Gasteiger partial charge in [-0.1, -0.05) is 11.8 Å². The van der Waals surface area contributed by atoms with E-state index < -0.39 is 0 Å². The Morgan fingerprint density at radius 3 is 2.70 bits per heavy atom. The lowest BCUT2D eigenvalue weighted by atomic mass is 10.0. The number of hydrogen-bond donors (Lipinski definition) is 0. The van der Waals surface area contributed by atoms with Gasteiger partial charge in [-0.15, -0.1) is 10.2 Å². The third kappa shape index (κ3) is 3.75. The maximum Gasteiger partial charge on any atom is 0.336 e. The molecule has 1 aromatic carbocycles. The van der Waals surface area contributed by atoms with Gasteiger partial charge >= 0.3 is 5.63 Å². The normalized spacial score (nSPS) is 14.4. The number of nitrogens with zero attached hydrogens (tertiary/aromatic N) is 3. The fourth-order valence-corrected chi connectivity index (χ4v) is 3.91. The Morgan fingerprint density at radius 1 is 1.11 bits per heavy atom. The van der Waals surface area contributed by atoms with E-state index in [1.165, 1.54) is 17.8 Å². The molecule has 1 aliphatic heterocycles. The van der Waals surface area contributed by atoms with Crippen LogP contribution in [0.15, 0.2) is 37.1 Å². The highest BCUT2D eigenvalue weighted by Gasteiger charge is 2.22. The maximum atomic E-state index is 11.9. The molecular formula is C19H19N3O4S. The van der Waals surface area contributed by atoms with Gasteiger partial charge in [-0.25, -0.2) is 4.79 Å². The van der Waals surface area contributed by atoms with Crippen LogP contribution in [0, 0.1) is 13.8 Å². The Hall–Kier alpha value is -2.61. The quantitative estimate of drug-likeness (QED) is 0.492. The SMILES string of the molecule is Cc1cc2oc(=O)cc(CSc3nnc(CN4CCCC4=O)o3)c2cc1C. The highest BCUT2D eigenvalue weighted by Crippen LogP contribution is 2.28. The van der Waals surface area contributed by atoms with Gasteiger partial charge in [0.05, 0.1) is 6.54 Å². The highest BCUT2D eigenvalue weighted by atomic mass is 32.2. The van der Waals surface area contributed by atoms with E-state index in [2.05, 4.69) is 10.2 Å². The van der Waals surface area contributed by atoms with Gasteiger partial charge in [-0.2, -0.15) is 0 Å². The first-order valence-electron chi connectivity index (χ1n) is 8.76. The lowest BCUT2D eigenvalue weighted by Gasteiger charge is -2.11. The van der Waals surface area contributed by atoms with Crippen molar-refractivity contribution >= 4 is 28.6 Å². The van der Waals surface area contributed by atoms with Crippen LogP contribution in [-0.2, 0) is 17.1 Å². The number of fused-ring (bicyclic) bond motifs is 1. The lowest BCUT2D eigenvalue weighted by Crippen LogP contribution is -2.23. The number of carbonyl (C=O) groups excluding carboxylic acids is 1. The standard InChI is InChI=1S/C19H19N3O4S/c1-11-6-14-13(8-18(24)25-15(14)7-12(11)2)10-27-19-21-20-16(26-19)9-22-5-3-4-17(22)23/h6-8H,3-5,9-10H2,1-2H3. The number of carbonyl (C=O) groups is 1. The van der Waals surface area contributed by atoms with E-state index in [0.717, 1.165) is 35.0 Å². The van der Waals surface area contributed by atoms with Crippen LogP contribution in [0.4, 0.5) is 0 Å². The zero-order valence-corrected chi connectivity index (χ0v) is 16.0. The van der Waals surface area contributed by atoms with Gasteiger partial charge in [-0.3, -0.25) is 4.79 Å². The van der Waals surface area contributed by atoms with E-state index >= 15 is 0 Å². The molecule has 3 aromatic rings. The smallest absolute Gasteiger partial charge is 0.336 e. The molecule has 0 saturated carbocycles. The number of amides is 1. The maximum absolute atomic E-state index is 11.9. The van der Waals surface area contributed by atoms with Crippen molar-refractivity contribution in [1.82, 2.24) is 15.1 Å². The Balaban J connectivity index is 1.51. The van der Waals surface area contributed by atoms with Crippen LogP contribution in [0.25, 0.3) is 11.0 Å². The van der Waals surface area contributed by atoms with E-state index in [4.69, 9.17) is 8.83 Å². The summed E-state index contributed by atoms with van der Waals surface area (Å²) in [7, 11) is 0. The summed E-state index contributed by atoms with van der Waals surface area (Å²) in [5, 5.41) is 9.39. The first kappa shape index (κ1) is 17.8. The third-order valence-electron chi connectivity index (χ3n) is 4.74. The van der Waals surface area contributed by atoms with Gasteiger partial charge in [0.1, 0.15) is 5.58 Å². The first-order valence-corrected chi connectivity index (χ1v) is 9.75. The molecule has 0 spiro atoms. The molecule has 7 nitrogen and oxygen atoms in total. The summed E-state index contributed by atoms with van der Waals surface area (Å²) < 4.78 is 11.0. The van der Waals surface area contributed by atoms with Crippen molar-refractivity contribution < 1.29 is 13.6 Å². The topological polar surface area (TPSA) is 89.4 Å². The van der Waals surface area contributed by atoms with E-state index in [1.807, 2.05) is 26.0 Å². The molecule has 8 heteroatoms. The highest BCUT2D eigenvalue weighted by molar-refractivity contribution is 7.98. The molecule has 2 aromatic heterocycles. The number of aromatic nitrogens is 2. The van der Waals surface area contributed by atoms with Crippen molar-refractivity contribution in [3.05, 3.63) is 51.2 Å². The summed E-state index contributed by atoms with van der Waals surface area (Å²) in [6.07, 6.45) is 1.45. The Bertz CT molecular complexity index is 1070. The van der Waals surface area contributed by atoms with Crippen LogP contribution in [0.1, 0.15) is 35.4 Å². The molecule has 0 unspecified atom stereocenters. The third-order valence-corrected chi connectivity index (χ3v) is 5.61. The second-order valence-electron chi connectivity index (χ2n) is 6.69. The fourth-order valence-electron chi connectivity index (χ4n) is 3.14. The summed E-state index contributed by atoms with van der Waals surface area (Å²) in [6, 6.07) is 5.42. The van der Waals surface area contributed by atoms with Crippen molar-refractivity contribution in [3.8, 4) is 0 Å². The van der Waals surface area contributed by atoms with Crippen molar-refractivity contribution in [1.29, 1.82) is 0 Å². The average molecular weight is 385 g/mol. The molecule has 0 atom stereocenters. The summed E-state index contributed by atoms with van der Waals surface area (Å²) in [5.41, 5.74) is 3.29. The molecule has 0 aliphatic carbocycles. The lowest BCUT2D eigenvalue weighted by molar-refractivity contribution is -0.128. The summed E-state index contributed by atoms with van der Waals surface area (Å²) in [4.78, 5) is 25.3. The number of hydrogen-bond acceptors (Lipinski definition) is 7. The van der Waals surface area contributed by atoms with Gasteiger partial charge in [0.15, 0.2) is 0 Å². The zero-order valence-electron chi connectivity index (χ0n) is 15.2. The molecule has 1 aliphatic rings. The number of aryl methyl sites for hydroxylation is 2. The van der Waals surface area contributed by atoms with Crippen LogP contribution in [0.5, 0.6) is 0 Å². The van der Waals surface area contributed by atoms with E-state index in [0.29, 0.717) is 35.4 Å². The molecule has 4 rings (SSSR count). The van der Waals surface area contributed by atoms with Crippen molar-refractivity contribution in [2.45, 2.75) is 44.2 Å². The molecule has 0 N–H and O–H groups in total. The summed E-state index contributed by atoms with van der Waals surface area (Å²) in [5.74, 6) is 1.06. The molecule has 0 radical (unpaired) electrons.